The van der Waals surface area contributed by atoms with Gasteiger partial charge in [-0.25, -0.2) is 48.4 Å². The third-order valence-electron chi connectivity index (χ3n) is 19.9. The highest BCUT2D eigenvalue weighted by atomic mass is 32.1. The molecule has 3 N–H and O–H groups in total. The molecular weight excluding hydrogens is 1520 g/mol. The zero-order valence-corrected chi connectivity index (χ0v) is 67.4. The second-order valence-electron chi connectivity index (χ2n) is 28.6. The lowest BCUT2D eigenvalue weighted by molar-refractivity contribution is 0.0930. The van der Waals surface area contributed by atoms with Crippen LogP contribution in [0.1, 0.15) is 127 Å². The maximum Gasteiger partial charge on any atom is 0.267 e. The predicted molar refractivity (Wildman–Crippen MR) is 457 cm³/mol. The number of likely N-dealkylation sites (N-methyl/N-ethyl adjacent to an activating group) is 1. The van der Waals surface area contributed by atoms with Crippen LogP contribution < -0.4 is 32.6 Å². The van der Waals surface area contributed by atoms with E-state index >= 15 is 0 Å². The van der Waals surface area contributed by atoms with Crippen molar-refractivity contribution in [3.63, 3.8) is 0 Å². The molecule has 1 saturated heterocycles. The number of fused-ring (bicyclic) bond motifs is 6. The van der Waals surface area contributed by atoms with E-state index in [1.807, 2.05) is 159 Å². The molecule has 0 spiro atoms. The third kappa shape index (κ3) is 16.9. The highest BCUT2D eigenvalue weighted by Gasteiger charge is 2.29. The van der Waals surface area contributed by atoms with Gasteiger partial charge in [0.2, 0.25) is 0 Å². The molecule has 29 heteroatoms. The number of carbonyl (C=O) groups is 3. The number of rotatable bonds is 14. The summed E-state index contributed by atoms with van der Waals surface area (Å²) in [5.74, 6) is 19.0. The van der Waals surface area contributed by atoms with Crippen LogP contribution in [0.2, 0.25) is 0 Å². The molecule has 1 fully saturated rings. The molecule has 10 aromatic heterocycles. The molecule has 0 radical (unpaired) electrons. The number of amides is 3. The summed E-state index contributed by atoms with van der Waals surface area (Å²) in [5.41, 5.74) is 11.0. The van der Waals surface area contributed by atoms with Gasteiger partial charge in [0.05, 0.1) is 104 Å². The summed E-state index contributed by atoms with van der Waals surface area (Å²) >= 11 is 1.46. The normalized spacial score (nSPS) is 12.9. The number of benzene rings is 6. The van der Waals surface area contributed by atoms with Crippen LogP contribution in [-0.2, 0) is 0 Å². The van der Waals surface area contributed by atoms with Crippen LogP contribution in [0.25, 0.3) is 66.7 Å². The van der Waals surface area contributed by atoms with E-state index in [0.29, 0.717) is 153 Å². The minimum Gasteiger partial charge on any atom is -0.342 e. The summed E-state index contributed by atoms with van der Waals surface area (Å²) in [5, 5.41) is 25.4. The van der Waals surface area contributed by atoms with Gasteiger partial charge in [-0.05, 0) is 160 Å². The number of aryl methyl sites for hydroxylation is 3. The van der Waals surface area contributed by atoms with Crippen LogP contribution in [0.3, 0.4) is 0 Å². The van der Waals surface area contributed by atoms with Crippen LogP contribution in [0.15, 0.2) is 226 Å². The smallest absolute Gasteiger partial charge is 0.267 e. The molecule has 6 aromatic carbocycles. The molecule has 119 heavy (non-hydrogen) atoms. The lowest BCUT2D eigenvalue weighted by atomic mass is 10.1. The van der Waals surface area contributed by atoms with Crippen LogP contribution >= 0.6 is 11.3 Å². The molecule has 28 nitrogen and oxygen atoms in total. The van der Waals surface area contributed by atoms with Crippen molar-refractivity contribution < 1.29 is 14.4 Å². The highest BCUT2D eigenvalue weighted by Crippen LogP contribution is 2.27. The van der Waals surface area contributed by atoms with Crippen molar-refractivity contribution in [2.24, 2.45) is 0 Å². The van der Waals surface area contributed by atoms with Crippen molar-refractivity contribution in [2.45, 2.75) is 59.7 Å². The minimum absolute atomic E-state index is 0.236. The van der Waals surface area contributed by atoms with Crippen LogP contribution in [-0.4, -0.2) is 170 Å². The molecule has 17 rings (SSSR count). The summed E-state index contributed by atoms with van der Waals surface area (Å²) in [4.78, 5) is 121. The van der Waals surface area contributed by atoms with Gasteiger partial charge in [0.15, 0.2) is 16.9 Å². The first-order valence-corrected chi connectivity index (χ1v) is 39.3. The largest absolute Gasteiger partial charge is 0.342 e. The molecule has 16 aromatic rings. The number of piperazine rings is 1. The van der Waals surface area contributed by atoms with Crippen molar-refractivity contribution in [1.82, 2.24) is 108 Å². The van der Waals surface area contributed by atoms with Gasteiger partial charge in [-0.3, -0.25) is 52.3 Å². The van der Waals surface area contributed by atoms with Crippen molar-refractivity contribution in [2.75, 3.05) is 60.4 Å². The Morgan fingerprint density at radius 2 is 0.807 bits per heavy atom. The van der Waals surface area contributed by atoms with Crippen LogP contribution in [0, 0.1) is 56.3 Å². The van der Waals surface area contributed by atoms with Gasteiger partial charge >= 0.3 is 0 Å². The number of nitrogens with one attached hydrogen (secondary N) is 3. The molecule has 3 amide bonds. The molecule has 0 aliphatic carbocycles. The van der Waals surface area contributed by atoms with E-state index in [4.69, 9.17) is 15.0 Å². The molecule has 3 atom stereocenters. The predicted octanol–water partition coefficient (Wildman–Crippen LogP) is 10.1. The zero-order valence-electron chi connectivity index (χ0n) is 66.5. The Kier molecular flexibility index (Phi) is 23.4. The maximum atomic E-state index is 14.2. The summed E-state index contributed by atoms with van der Waals surface area (Å²) in [7, 11) is 6.01. The van der Waals surface area contributed by atoms with Crippen LogP contribution in [0.5, 0.6) is 0 Å². The fourth-order valence-corrected chi connectivity index (χ4v) is 14.6. The Bertz CT molecular complexity index is 6960. The van der Waals surface area contributed by atoms with Gasteiger partial charge in [0.1, 0.15) is 39.9 Å². The van der Waals surface area contributed by atoms with Crippen molar-refractivity contribution in [1.29, 1.82) is 0 Å². The first kappa shape index (κ1) is 79.4. The molecule has 592 valence electrons. The Morgan fingerprint density at radius 3 is 1.16 bits per heavy atom. The molecule has 1 aliphatic heterocycles. The first-order chi connectivity index (χ1) is 57.8. The van der Waals surface area contributed by atoms with Crippen molar-refractivity contribution >= 4 is 78.7 Å². The fourth-order valence-electron chi connectivity index (χ4n) is 14.1. The van der Waals surface area contributed by atoms with E-state index < -0.39 is 18.1 Å². The van der Waals surface area contributed by atoms with E-state index in [1.165, 1.54) is 15.9 Å². The second kappa shape index (κ2) is 35.1. The number of carbonyl (C=O) groups excluding carboxylic acids is 3. The number of aromatic nitrogens is 16. The van der Waals surface area contributed by atoms with Crippen LogP contribution in [0.4, 0.5) is 0 Å². The van der Waals surface area contributed by atoms with Gasteiger partial charge < -0.3 is 20.9 Å². The Hall–Kier alpha value is -14.8. The maximum absolute atomic E-state index is 14.2. The van der Waals surface area contributed by atoms with E-state index in [1.54, 1.807) is 136 Å². The van der Waals surface area contributed by atoms with Gasteiger partial charge in [0, 0.05) is 85.4 Å². The Balaban J connectivity index is 0.000000140. The summed E-state index contributed by atoms with van der Waals surface area (Å²) < 4.78 is 9.36. The van der Waals surface area contributed by atoms with Gasteiger partial charge in [-0.15, -0.1) is 11.3 Å². The van der Waals surface area contributed by atoms with E-state index in [0.717, 1.165) is 26.2 Å². The zero-order chi connectivity index (χ0) is 83.0. The number of para-hydroxylation sites is 3. The summed E-state index contributed by atoms with van der Waals surface area (Å²) in [6.07, 6.45) is 10.1. The standard InChI is InChI=1S/C32H32N8O2.C29H21N7O2S.C29H27N7O2/c1-22-27(30-33-15-9-17-39(30)36-22)31(41)34-23(2)29-35-26-14-7-10-24(11-8-16-38-20-18-37(3)19-21-38)28(26)32(42)40(29)25-12-5-4-6-13-25;1-18-24(27-30-14-7-15-35(27)34-18)28(37)32-19(2)26-33-23-11-6-8-20(12-13-21-16-39-17-31-21)25(23)29(38)36(26)22-9-4-3-5-10-22;1-19-24(27-30-16-10-18-35(27)33-19)28(37)31-20(2)26-32-23-15-8-11-21(12-9-17-34(3)4)25(23)29(38)36(26)22-13-6-5-7-14-22/h4-7,9-10,12-15,17,23H,16,18-21H2,1-3H3,(H,34,41);3-11,14-17,19H,1-2H3,(H,32,37);5-8,10-11,13-16,18,20H,17H2,1-4H3,(H,31,37)/t23-;19-;20-/m000/s1. The highest BCUT2D eigenvalue weighted by molar-refractivity contribution is 7.07. The van der Waals surface area contributed by atoms with Gasteiger partial charge in [-0.1, -0.05) is 102 Å². The van der Waals surface area contributed by atoms with Crippen molar-refractivity contribution in [3.8, 4) is 52.6 Å². The molecular formula is C90H80N22O6S. The second-order valence-corrected chi connectivity index (χ2v) is 29.3. The molecule has 0 saturated carbocycles. The lowest BCUT2D eigenvalue weighted by Gasteiger charge is -2.30. The summed E-state index contributed by atoms with van der Waals surface area (Å²) in [6.45, 7) is 15.9. The SMILES string of the molecule is Cc1nn2cccnc2c1C(=O)N[C@@H](C)c1nc2cccc(C#CCN(C)C)c2c(=O)n1-c1ccccc1.Cc1nn2cccnc2c1C(=O)N[C@@H](C)c1nc2cccc(C#CCN3CCN(C)CC3)c2c(=O)n1-c1ccccc1.Cc1nn2cccnc2c1C(=O)N[C@@H](C)c1nc2cccc(C#Cc3cscn3)c2c(=O)n1-c1ccccc1. The number of thiazole rings is 1. The molecule has 11 heterocycles. The fraction of sp³-hybridized carbons (Fsp3) is 0.200. The molecule has 0 bridgehead atoms. The molecule has 1 aliphatic rings. The number of hydrogen-bond acceptors (Lipinski definition) is 20. The minimum atomic E-state index is -0.627. The van der Waals surface area contributed by atoms with E-state index in [9.17, 15) is 28.8 Å². The molecule has 0 unspecified atom stereocenters. The van der Waals surface area contributed by atoms with Gasteiger partial charge in [0.25, 0.3) is 34.4 Å². The number of nitrogens with zero attached hydrogens (tertiary/aromatic N) is 19. The Labute approximate surface area is 686 Å². The number of hydrogen-bond donors (Lipinski definition) is 3. The van der Waals surface area contributed by atoms with Crippen molar-refractivity contribution in [3.05, 3.63) is 317 Å². The monoisotopic (exact) mass is 1600 g/mol. The quantitative estimate of drug-likeness (QED) is 0.0852. The average Bonchev–Trinajstić information content (AvgIpc) is 1.58. The topological polar surface area (TPSA) is 305 Å². The lowest BCUT2D eigenvalue weighted by Crippen LogP contribution is -2.44. The van der Waals surface area contributed by atoms with E-state index in [-0.39, 0.29) is 34.4 Å². The Morgan fingerprint density at radius 1 is 0.445 bits per heavy atom. The average molecular weight is 1600 g/mol. The third-order valence-corrected chi connectivity index (χ3v) is 20.5. The van der Waals surface area contributed by atoms with Gasteiger partial charge in [-0.2, -0.15) is 15.3 Å². The van der Waals surface area contributed by atoms with E-state index in [2.05, 4.69) is 104 Å². The summed E-state index contributed by atoms with van der Waals surface area (Å²) in [6, 6.07) is 47.6. The first-order valence-electron chi connectivity index (χ1n) is 38.4.